The van der Waals surface area contributed by atoms with Crippen molar-refractivity contribution in [2.24, 2.45) is 0 Å². The zero-order valence-corrected chi connectivity index (χ0v) is 34.9. The van der Waals surface area contributed by atoms with E-state index in [1.54, 1.807) is 3.21 Å². The van der Waals surface area contributed by atoms with E-state index in [4.69, 9.17) is 0 Å². The standard InChI is InChI=1S/C21H25.C15H12Br2.C5H5.2ClH.Zr/c1-20(2,3)16-9-7-14-11-15-8-10-17(21(4,5)6)13-19(15)18(14)12-16;16-14-8-4-12(5-9-14)2-1-3-13-6-10-15(17)11-7-13;1-2-4-5-3-1;;;/h7,9-10,12-13H,11H2,1-6H3;4-11H,2-3H2;1-3H,4H2;2*1H;/q-1;;-1;;;+2. The number of allylic oxidation sites excluding steroid dienone is 4. The maximum Gasteiger partial charge on any atom is -0.0132 e. The van der Waals surface area contributed by atoms with E-state index in [2.05, 4.69) is 170 Å². The van der Waals surface area contributed by atoms with Crippen molar-refractivity contribution in [2.45, 2.75) is 78.1 Å². The first kappa shape index (κ1) is 40.8. The molecule has 0 bridgehead atoms. The summed E-state index contributed by atoms with van der Waals surface area (Å²) in [4.78, 5) is 0. The van der Waals surface area contributed by atoms with Crippen molar-refractivity contribution in [3.63, 3.8) is 0 Å². The molecule has 46 heavy (non-hydrogen) atoms. The van der Waals surface area contributed by atoms with E-state index >= 15 is 0 Å². The van der Waals surface area contributed by atoms with E-state index in [-0.39, 0.29) is 35.6 Å². The van der Waals surface area contributed by atoms with Crippen molar-refractivity contribution < 1.29 is 24.2 Å². The normalized spacial score (nSPS) is 12.4. The van der Waals surface area contributed by atoms with E-state index in [0.717, 1.165) is 34.6 Å². The molecule has 0 atom stereocenters. The Morgan fingerprint density at radius 3 is 1.67 bits per heavy atom. The number of fused-ring (bicyclic) bond motifs is 3. The molecule has 0 fully saturated rings. The van der Waals surface area contributed by atoms with Crippen LogP contribution in [0.2, 0.25) is 0 Å². The summed E-state index contributed by atoms with van der Waals surface area (Å²) in [5.41, 5.74) is 11.5. The minimum atomic E-state index is 0. The quantitative estimate of drug-likeness (QED) is 0.158. The summed E-state index contributed by atoms with van der Waals surface area (Å²) in [5.74, 6) is 0. The summed E-state index contributed by atoms with van der Waals surface area (Å²) in [6.45, 7) is 13.6. The smallest absolute Gasteiger partial charge is 0.0132 e. The van der Waals surface area contributed by atoms with Crippen LogP contribution >= 0.6 is 56.7 Å². The van der Waals surface area contributed by atoms with Crippen LogP contribution in [0.4, 0.5) is 0 Å². The molecule has 0 radical (unpaired) electrons. The van der Waals surface area contributed by atoms with E-state index in [0.29, 0.717) is 0 Å². The molecule has 0 aliphatic heterocycles. The Morgan fingerprint density at radius 1 is 0.717 bits per heavy atom. The summed E-state index contributed by atoms with van der Waals surface area (Å²) in [5, 5.41) is 0. The van der Waals surface area contributed by atoms with Gasteiger partial charge in [-0.3, -0.25) is 6.08 Å². The van der Waals surface area contributed by atoms with Gasteiger partial charge >= 0.3 is 141 Å². The zero-order chi connectivity index (χ0) is 31.9. The van der Waals surface area contributed by atoms with Crippen molar-refractivity contribution in [3.05, 3.63) is 152 Å². The second-order valence-corrected chi connectivity index (χ2v) is 17.1. The molecule has 5 heteroatoms. The number of benzene rings is 4. The molecule has 2 aliphatic rings. The number of rotatable bonds is 4. The summed E-state index contributed by atoms with van der Waals surface area (Å²) in [6, 6.07) is 32.3. The largest absolute Gasteiger partial charge is 0.273 e. The van der Waals surface area contributed by atoms with Crippen LogP contribution in [-0.2, 0) is 54.3 Å². The molecular weight excluding hydrogens is 814 g/mol. The van der Waals surface area contributed by atoms with Crippen LogP contribution in [0, 0.1) is 12.1 Å². The molecule has 6 rings (SSSR count). The van der Waals surface area contributed by atoms with Crippen molar-refractivity contribution in [3.8, 4) is 11.1 Å². The van der Waals surface area contributed by atoms with Crippen molar-refractivity contribution >= 4 is 59.9 Å². The van der Waals surface area contributed by atoms with Gasteiger partial charge in [0.15, 0.2) is 0 Å². The molecule has 2 aliphatic carbocycles. The number of hydrogen-bond acceptors (Lipinski definition) is 0. The molecule has 0 spiro atoms. The van der Waals surface area contributed by atoms with Crippen molar-refractivity contribution in [1.82, 2.24) is 0 Å². The van der Waals surface area contributed by atoms with Gasteiger partial charge in [0, 0.05) is 0 Å². The Hall–Kier alpha value is -1.35. The minimum Gasteiger partial charge on any atom is -0.273 e. The fourth-order valence-electron chi connectivity index (χ4n) is 5.08. The average molecular weight is 859 g/mol. The molecule has 0 N–H and O–H groups in total. The van der Waals surface area contributed by atoms with E-state index in [1.807, 2.05) is 12.2 Å². The summed E-state index contributed by atoms with van der Waals surface area (Å²) < 4.78 is 3.86. The molecule has 0 aromatic heterocycles. The van der Waals surface area contributed by atoms with Gasteiger partial charge < -0.3 is 0 Å². The Kier molecular flexibility index (Phi) is 16.4. The molecule has 0 nitrogen and oxygen atoms in total. The Labute approximate surface area is 322 Å². The molecular formula is C41H44Br2Cl2Zr. The maximum atomic E-state index is 3.53. The third kappa shape index (κ3) is 12.3. The molecule has 240 valence electrons. The van der Waals surface area contributed by atoms with Gasteiger partial charge in [0.05, 0.1) is 0 Å². The third-order valence-electron chi connectivity index (χ3n) is 7.77. The van der Waals surface area contributed by atoms with E-state index < -0.39 is 0 Å². The van der Waals surface area contributed by atoms with Crippen molar-refractivity contribution in [1.29, 1.82) is 0 Å². The maximum absolute atomic E-state index is 3.53. The monoisotopic (exact) mass is 854 g/mol. The SMILES string of the molecule is Brc1ccc(C[C](=[Zr+2])Cc2ccc(Br)cc2)cc1.CC(C)(C)c1c[c-]c2c(c1)-c1cc(C(C)(C)C)ccc1C2.Cl.Cl.[C-]1=CC=CC1. The van der Waals surface area contributed by atoms with Crippen LogP contribution in [0.25, 0.3) is 11.1 Å². The molecule has 4 aromatic rings. The molecule has 0 saturated carbocycles. The van der Waals surface area contributed by atoms with Crippen LogP contribution in [0.15, 0.2) is 106 Å². The zero-order valence-electron chi connectivity index (χ0n) is 27.6. The summed E-state index contributed by atoms with van der Waals surface area (Å²) >= 11 is 8.46. The second-order valence-electron chi connectivity index (χ2n) is 13.5. The van der Waals surface area contributed by atoms with Gasteiger partial charge in [0.1, 0.15) is 0 Å². The van der Waals surface area contributed by atoms with Gasteiger partial charge in [-0.1, -0.05) is 76.3 Å². The predicted octanol–water partition coefficient (Wildman–Crippen LogP) is 12.5. The van der Waals surface area contributed by atoms with Gasteiger partial charge in [0.25, 0.3) is 0 Å². The minimum absolute atomic E-state index is 0. The Bertz CT molecular complexity index is 1520. The Balaban J connectivity index is 0.000000270. The second kappa shape index (κ2) is 18.4. The van der Waals surface area contributed by atoms with Crippen LogP contribution in [-0.4, -0.2) is 3.21 Å². The van der Waals surface area contributed by atoms with Gasteiger partial charge in [0.2, 0.25) is 0 Å². The molecule has 0 amide bonds. The van der Waals surface area contributed by atoms with Gasteiger partial charge in [-0.15, -0.1) is 36.8 Å². The van der Waals surface area contributed by atoms with Crippen LogP contribution < -0.4 is 0 Å². The fourth-order valence-corrected chi connectivity index (χ4v) is 6.62. The third-order valence-corrected chi connectivity index (χ3v) is 9.70. The summed E-state index contributed by atoms with van der Waals surface area (Å²) in [6.07, 6.45) is 13.2. The van der Waals surface area contributed by atoms with Gasteiger partial charge in [-0.05, 0) is 17.4 Å². The fraction of sp³-hybridized carbons (Fsp3) is 0.293. The molecule has 0 saturated heterocycles. The van der Waals surface area contributed by atoms with Crippen LogP contribution in [0.5, 0.6) is 0 Å². The first-order valence-corrected chi connectivity index (χ1v) is 18.1. The molecule has 0 heterocycles. The van der Waals surface area contributed by atoms with Crippen LogP contribution in [0.3, 0.4) is 0 Å². The summed E-state index contributed by atoms with van der Waals surface area (Å²) in [7, 11) is 0. The predicted molar refractivity (Wildman–Crippen MR) is 208 cm³/mol. The topological polar surface area (TPSA) is 0 Å². The first-order chi connectivity index (χ1) is 20.8. The van der Waals surface area contributed by atoms with E-state index in [1.165, 1.54) is 68.7 Å². The van der Waals surface area contributed by atoms with E-state index in [9.17, 15) is 0 Å². The van der Waals surface area contributed by atoms with Crippen molar-refractivity contribution in [2.75, 3.05) is 0 Å². The Morgan fingerprint density at radius 2 is 1.24 bits per heavy atom. The molecule has 0 unspecified atom stereocenters. The molecule has 4 aromatic carbocycles. The van der Waals surface area contributed by atoms with Gasteiger partial charge in [-0.2, -0.15) is 35.4 Å². The first-order valence-electron chi connectivity index (χ1n) is 15.3. The van der Waals surface area contributed by atoms with Crippen LogP contribution in [0.1, 0.15) is 81.3 Å². The van der Waals surface area contributed by atoms with Gasteiger partial charge in [-0.25, -0.2) is 12.2 Å². The number of hydrogen-bond donors (Lipinski definition) is 0. The number of halogens is 4. The average Bonchev–Trinajstić information content (AvgIpc) is 3.66.